The molecule has 1 aliphatic rings. The van der Waals surface area contributed by atoms with Gasteiger partial charge in [-0.05, 0) is 17.9 Å². The minimum atomic E-state index is 0.176. The number of hydrogen-bond donors (Lipinski definition) is 0. The second-order valence-corrected chi connectivity index (χ2v) is 6.78. The van der Waals surface area contributed by atoms with Crippen molar-refractivity contribution < 1.29 is 4.74 Å². The lowest BCUT2D eigenvalue weighted by atomic mass is 10.1. The Labute approximate surface area is 146 Å². The number of morpholine rings is 1. The first kappa shape index (κ1) is 16.7. The van der Waals surface area contributed by atoms with Gasteiger partial charge in [-0.3, -0.25) is 4.90 Å². The Morgan fingerprint density at radius 2 is 2.09 bits per heavy atom. The molecular weight excluding hydrogens is 330 g/mol. The van der Waals surface area contributed by atoms with Crippen LogP contribution in [-0.4, -0.2) is 46.9 Å². The molecule has 1 aromatic heterocycles. The highest BCUT2D eigenvalue weighted by Crippen LogP contribution is 2.20. The maximum Gasteiger partial charge on any atom is 0.187 e. The zero-order chi connectivity index (χ0) is 16.1. The van der Waals surface area contributed by atoms with Gasteiger partial charge < -0.3 is 4.74 Å². The third-order valence-corrected chi connectivity index (χ3v) is 4.84. The van der Waals surface area contributed by atoms with Crippen molar-refractivity contribution in [2.75, 3.05) is 26.0 Å². The molecule has 2 heterocycles. The third kappa shape index (κ3) is 4.67. The number of halogens is 1. The quantitative estimate of drug-likeness (QED) is 0.611. The molecule has 0 unspecified atom stereocenters. The van der Waals surface area contributed by atoms with Gasteiger partial charge in [0.05, 0.1) is 12.7 Å². The number of nitrogens with zero attached hydrogens (tertiary/aromatic N) is 3. The monoisotopic (exact) mass is 349 g/mol. The van der Waals surface area contributed by atoms with Crippen LogP contribution in [0.15, 0.2) is 41.8 Å². The molecule has 2 aromatic rings. The van der Waals surface area contributed by atoms with E-state index < -0.39 is 0 Å². The van der Waals surface area contributed by atoms with Gasteiger partial charge in [-0.1, -0.05) is 41.6 Å². The number of rotatable bonds is 5. The lowest BCUT2D eigenvalue weighted by molar-refractivity contribution is -0.0305. The summed E-state index contributed by atoms with van der Waals surface area (Å²) in [6.45, 7) is 3.44. The van der Waals surface area contributed by atoms with Gasteiger partial charge in [-0.2, -0.15) is 0 Å². The average molecular weight is 350 g/mol. The van der Waals surface area contributed by atoms with E-state index in [1.54, 1.807) is 11.8 Å². The molecule has 1 saturated heterocycles. The topological polar surface area (TPSA) is 38.2 Å². The maximum atomic E-state index is 6.25. The van der Waals surface area contributed by atoms with Crippen LogP contribution >= 0.6 is 23.4 Å². The Morgan fingerprint density at radius 1 is 1.30 bits per heavy atom. The smallest absolute Gasteiger partial charge is 0.187 e. The Balaban J connectivity index is 1.58. The number of thioether (sulfide) groups is 1. The van der Waals surface area contributed by atoms with Gasteiger partial charge >= 0.3 is 0 Å². The van der Waals surface area contributed by atoms with Crippen molar-refractivity contribution >= 4 is 23.4 Å². The Kier molecular flexibility index (Phi) is 5.89. The standard InChI is InChI=1S/C17H20ClN3OS/c1-23-17-19-9-13(10-20-17)11-21-6-7-22-15(12-21)8-14-4-2-3-5-16(14)18/h2-5,9-10,15H,6-8,11-12H2,1H3/t15-/m0/s1. The molecule has 0 N–H and O–H groups in total. The van der Waals surface area contributed by atoms with E-state index in [1.165, 1.54) is 0 Å². The van der Waals surface area contributed by atoms with Crippen molar-refractivity contribution in [1.82, 2.24) is 14.9 Å². The first-order valence-electron chi connectivity index (χ1n) is 7.67. The van der Waals surface area contributed by atoms with Gasteiger partial charge in [0.2, 0.25) is 0 Å². The lowest BCUT2D eigenvalue weighted by Crippen LogP contribution is -2.42. The summed E-state index contributed by atoms with van der Waals surface area (Å²) in [6.07, 6.45) is 6.83. The highest BCUT2D eigenvalue weighted by Gasteiger charge is 2.21. The molecule has 1 fully saturated rings. The predicted molar refractivity (Wildman–Crippen MR) is 94.0 cm³/mol. The fourth-order valence-electron chi connectivity index (χ4n) is 2.74. The normalized spacial score (nSPS) is 19.0. The van der Waals surface area contributed by atoms with E-state index in [2.05, 4.69) is 20.9 Å². The molecule has 0 aliphatic carbocycles. The highest BCUT2D eigenvalue weighted by atomic mass is 35.5. The molecular formula is C17H20ClN3OS. The van der Waals surface area contributed by atoms with Crippen LogP contribution in [0, 0.1) is 0 Å². The fourth-order valence-corrected chi connectivity index (χ4v) is 3.27. The molecule has 0 spiro atoms. The van der Waals surface area contributed by atoms with E-state index in [4.69, 9.17) is 16.3 Å². The number of hydrogen-bond acceptors (Lipinski definition) is 5. The minimum Gasteiger partial charge on any atom is -0.375 e. The zero-order valence-electron chi connectivity index (χ0n) is 13.1. The molecule has 122 valence electrons. The van der Waals surface area contributed by atoms with E-state index in [0.29, 0.717) is 0 Å². The van der Waals surface area contributed by atoms with Crippen molar-refractivity contribution in [2.24, 2.45) is 0 Å². The molecule has 1 atom stereocenters. The van der Waals surface area contributed by atoms with Crippen LogP contribution < -0.4 is 0 Å². The van der Waals surface area contributed by atoms with Crippen molar-refractivity contribution in [3.63, 3.8) is 0 Å². The SMILES string of the molecule is CSc1ncc(CN2CCO[C@@H](Cc3ccccc3Cl)C2)cn1. The van der Waals surface area contributed by atoms with Crippen molar-refractivity contribution in [3.8, 4) is 0 Å². The largest absolute Gasteiger partial charge is 0.375 e. The highest BCUT2D eigenvalue weighted by molar-refractivity contribution is 7.98. The van der Waals surface area contributed by atoms with Gasteiger partial charge in [0.15, 0.2) is 5.16 Å². The second-order valence-electron chi connectivity index (χ2n) is 5.60. The van der Waals surface area contributed by atoms with Gasteiger partial charge in [0.1, 0.15) is 0 Å². The summed E-state index contributed by atoms with van der Waals surface area (Å²) >= 11 is 7.81. The Bertz CT molecular complexity index is 638. The van der Waals surface area contributed by atoms with Crippen LogP contribution in [0.1, 0.15) is 11.1 Å². The number of aromatic nitrogens is 2. The van der Waals surface area contributed by atoms with E-state index in [0.717, 1.165) is 54.0 Å². The molecule has 0 amide bonds. The average Bonchev–Trinajstić information content (AvgIpc) is 2.58. The third-order valence-electron chi connectivity index (χ3n) is 3.90. The predicted octanol–water partition coefficient (Wildman–Crippen LogP) is 3.30. The number of benzene rings is 1. The van der Waals surface area contributed by atoms with Gasteiger partial charge in [-0.15, -0.1) is 0 Å². The summed E-state index contributed by atoms with van der Waals surface area (Å²) in [7, 11) is 0. The van der Waals surface area contributed by atoms with E-state index in [1.807, 2.05) is 36.8 Å². The maximum absolute atomic E-state index is 6.25. The molecule has 1 aromatic carbocycles. The van der Waals surface area contributed by atoms with Crippen LogP contribution in [-0.2, 0) is 17.7 Å². The summed E-state index contributed by atoms with van der Waals surface area (Å²) < 4.78 is 5.91. The Hall–Kier alpha value is -1.14. The van der Waals surface area contributed by atoms with E-state index in [9.17, 15) is 0 Å². The zero-order valence-corrected chi connectivity index (χ0v) is 14.7. The van der Waals surface area contributed by atoms with Crippen LogP contribution in [0.4, 0.5) is 0 Å². The van der Waals surface area contributed by atoms with Crippen molar-refractivity contribution in [3.05, 3.63) is 52.8 Å². The Morgan fingerprint density at radius 3 is 2.83 bits per heavy atom. The van der Waals surface area contributed by atoms with Crippen molar-refractivity contribution in [2.45, 2.75) is 24.2 Å². The lowest BCUT2D eigenvalue weighted by Gasteiger charge is -2.33. The van der Waals surface area contributed by atoms with Gasteiger partial charge in [0, 0.05) is 49.0 Å². The summed E-state index contributed by atoms with van der Waals surface area (Å²) in [4.78, 5) is 11.1. The van der Waals surface area contributed by atoms with Crippen LogP contribution in [0.2, 0.25) is 5.02 Å². The first-order valence-corrected chi connectivity index (χ1v) is 9.27. The van der Waals surface area contributed by atoms with E-state index >= 15 is 0 Å². The van der Waals surface area contributed by atoms with Crippen LogP contribution in [0.25, 0.3) is 0 Å². The van der Waals surface area contributed by atoms with Crippen LogP contribution in [0.5, 0.6) is 0 Å². The summed E-state index contributed by atoms with van der Waals surface area (Å²) in [5.41, 5.74) is 2.29. The van der Waals surface area contributed by atoms with Crippen molar-refractivity contribution in [1.29, 1.82) is 0 Å². The molecule has 0 radical (unpaired) electrons. The molecule has 3 rings (SSSR count). The molecule has 1 aliphatic heterocycles. The van der Waals surface area contributed by atoms with E-state index in [-0.39, 0.29) is 6.10 Å². The molecule has 0 bridgehead atoms. The number of ether oxygens (including phenoxy) is 1. The summed E-state index contributed by atoms with van der Waals surface area (Å²) in [6, 6.07) is 7.98. The van der Waals surface area contributed by atoms with Crippen LogP contribution in [0.3, 0.4) is 0 Å². The van der Waals surface area contributed by atoms with Gasteiger partial charge in [-0.25, -0.2) is 9.97 Å². The first-order chi connectivity index (χ1) is 11.2. The molecule has 4 nitrogen and oxygen atoms in total. The molecule has 23 heavy (non-hydrogen) atoms. The fraction of sp³-hybridized carbons (Fsp3) is 0.412. The summed E-state index contributed by atoms with van der Waals surface area (Å²) in [5, 5.41) is 1.63. The second kappa shape index (κ2) is 8.11. The molecule has 0 saturated carbocycles. The van der Waals surface area contributed by atoms with Gasteiger partial charge in [0.25, 0.3) is 0 Å². The minimum absolute atomic E-state index is 0.176. The summed E-state index contributed by atoms with van der Waals surface area (Å²) in [5.74, 6) is 0. The molecule has 6 heteroatoms.